The highest BCUT2D eigenvalue weighted by Gasteiger charge is 2.29. The molecule has 0 saturated heterocycles. The van der Waals surface area contributed by atoms with E-state index in [2.05, 4.69) is 8.27 Å². The zero-order valence-corrected chi connectivity index (χ0v) is 12.1. The maximum Gasteiger partial charge on any atom is 0.422 e. The average molecular weight is 395 g/mol. The Bertz CT molecular complexity index is 530. The number of anilines is 1. The van der Waals surface area contributed by atoms with Gasteiger partial charge in [-0.3, -0.25) is 0 Å². The number of rotatable bonds is 4. The first kappa shape index (κ1) is 15.3. The fourth-order valence-corrected chi connectivity index (χ4v) is 2.17. The predicted octanol–water partition coefficient (Wildman–Crippen LogP) is 2.79. The van der Waals surface area contributed by atoms with Crippen molar-refractivity contribution in [2.24, 2.45) is 0 Å². The van der Waals surface area contributed by atoms with Crippen LogP contribution in [0.25, 0.3) is 0 Å². The molecule has 0 spiro atoms. The molecule has 0 unspecified atom stereocenters. The van der Waals surface area contributed by atoms with E-state index in [0.717, 1.165) is 12.3 Å². The SMILES string of the molecule is CS(=O)(=O)c1ccc(NI)c(OCC(F)(F)F)c1. The van der Waals surface area contributed by atoms with Crippen LogP contribution in [0.4, 0.5) is 18.9 Å². The van der Waals surface area contributed by atoms with Crippen LogP contribution < -0.4 is 8.27 Å². The Morgan fingerprint density at radius 1 is 1.39 bits per heavy atom. The van der Waals surface area contributed by atoms with E-state index in [0.29, 0.717) is 0 Å². The average Bonchev–Trinajstić information content (AvgIpc) is 2.23. The third kappa shape index (κ3) is 4.52. The molecule has 0 radical (unpaired) electrons. The van der Waals surface area contributed by atoms with Crippen molar-refractivity contribution in [1.29, 1.82) is 0 Å². The molecule has 0 fully saturated rings. The van der Waals surface area contributed by atoms with Crippen molar-refractivity contribution in [2.75, 3.05) is 16.4 Å². The van der Waals surface area contributed by atoms with E-state index in [1.807, 2.05) is 0 Å². The van der Waals surface area contributed by atoms with Crippen LogP contribution in [0.2, 0.25) is 0 Å². The van der Waals surface area contributed by atoms with Crippen LogP contribution in [0, 0.1) is 0 Å². The third-order valence-corrected chi connectivity index (χ3v) is 3.57. The maximum absolute atomic E-state index is 12.0. The lowest BCUT2D eigenvalue weighted by atomic mass is 10.3. The summed E-state index contributed by atoms with van der Waals surface area (Å²) in [6.45, 7) is -1.48. The monoisotopic (exact) mass is 395 g/mol. The highest BCUT2D eigenvalue weighted by molar-refractivity contribution is 14.1. The van der Waals surface area contributed by atoms with Gasteiger partial charge in [0.15, 0.2) is 16.4 Å². The number of alkyl halides is 3. The van der Waals surface area contributed by atoms with Crippen molar-refractivity contribution in [3.05, 3.63) is 18.2 Å². The minimum Gasteiger partial charge on any atom is -0.482 e. The van der Waals surface area contributed by atoms with E-state index in [1.165, 1.54) is 12.1 Å². The zero-order chi connectivity index (χ0) is 14.0. The van der Waals surface area contributed by atoms with Crippen LogP contribution in [0.15, 0.2) is 23.1 Å². The molecule has 0 aromatic heterocycles. The number of ether oxygens (including phenoxy) is 1. The van der Waals surface area contributed by atoms with Gasteiger partial charge in [0.1, 0.15) is 5.75 Å². The van der Waals surface area contributed by atoms with E-state index in [9.17, 15) is 21.6 Å². The molecule has 102 valence electrons. The Balaban J connectivity index is 3.07. The van der Waals surface area contributed by atoms with Gasteiger partial charge < -0.3 is 8.27 Å². The molecule has 1 aromatic rings. The predicted molar refractivity (Wildman–Crippen MR) is 68.7 cm³/mol. The minimum atomic E-state index is -4.48. The summed E-state index contributed by atoms with van der Waals surface area (Å²) >= 11 is 1.71. The molecule has 0 atom stereocenters. The largest absolute Gasteiger partial charge is 0.482 e. The molecular weight excluding hydrogens is 386 g/mol. The molecule has 0 aliphatic heterocycles. The number of sulfone groups is 1. The summed E-state index contributed by atoms with van der Waals surface area (Å²) in [5, 5.41) is 0. The van der Waals surface area contributed by atoms with Gasteiger partial charge in [-0.2, -0.15) is 13.2 Å². The Kier molecular flexibility index (Phi) is 4.70. The van der Waals surface area contributed by atoms with Crippen molar-refractivity contribution in [2.45, 2.75) is 11.1 Å². The fraction of sp³-hybridized carbons (Fsp3) is 0.333. The van der Waals surface area contributed by atoms with Crippen LogP contribution in [-0.2, 0) is 9.84 Å². The Morgan fingerprint density at radius 3 is 2.44 bits per heavy atom. The van der Waals surface area contributed by atoms with Gasteiger partial charge >= 0.3 is 6.18 Å². The highest BCUT2D eigenvalue weighted by Crippen LogP contribution is 2.30. The molecule has 0 saturated carbocycles. The first-order valence-corrected chi connectivity index (χ1v) is 7.51. The first-order valence-electron chi connectivity index (χ1n) is 4.54. The molecule has 0 amide bonds. The molecule has 0 aliphatic rings. The number of halogens is 4. The zero-order valence-electron chi connectivity index (χ0n) is 9.08. The van der Waals surface area contributed by atoms with Crippen molar-refractivity contribution in [3.63, 3.8) is 0 Å². The molecule has 9 heteroatoms. The van der Waals surface area contributed by atoms with Crippen LogP contribution in [0.5, 0.6) is 5.75 Å². The summed E-state index contributed by atoms with van der Waals surface area (Å²) in [5.74, 6) is -0.162. The van der Waals surface area contributed by atoms with Crippen LogP contribution in [0.1, 0.15) is 0 Å². The van der Waals surface area contributed by atoms with Gasteiger partial charge in [0, 0.05) is 12.3 Å². The second-order valence-corrected chi connectivity index (χ2v) is 5.98. The summed E-state index contributed by atoms with van der Waals surface area (Å²) in [6, 6.07) is 3.69. The lowest BCUT2D eigenvalue weighted by Gasteiger charge is -2.13. The molecule has 0 heterocycles. The van der Waals surface area contributed by atoms with Crippen molar-refractivity contribution < 1.29 is 26.3 Å². The summed E-state index contributed by atoms with van der Waals surface area (Å²) in [5.41, 5.74) is 0.271. The Morgan fingerprint density at radius 2 is 2.00 bits per heavy atom. The van der Waals surface area contributed by atoms with Crippen molar-refractivity contribution in [3.8, 4) is 5.75 Å². The summed E-state index contributed by atoms with van der Waals surface area (Å²) < 4.78 is 65.9. The topological polar surface area (TPSA) is 55.4 Å². The van der Waals surface area contributed by atoms with Gasteiger partial charge in [0.2, 0.25) is 0 Å². The molecule has 0 bridgehead atoms. The number of hydrogen-bond donors (Lipinski definition) is 1. The maximum atomic E-state index is 12.0. The number of nitrogens with one attached hydrogen (secondary N) is 1. The normalized spacial score (nSPS) is 12.3. The number of hydrogen-bond acceptors (Lipinski definition) is 4. The van der Waals surface area contributed by atoms with Gasteiger partial charge in [0.25, 0.3) is 0 Å². The minimum absolute atomic E-state index is 0.102. The van der Waals surface area contributed by atoms with Gasteiger partial charge in [-0.05, 0) is 12.1 Å². The highest BCUT2D eigenvalue weighted by atomic mass is 127. The van der Waals surface area contributed by atoms with E-state index >= 15 is 0 Å². The second kappa shape index (κ2) is 5.51. The fourth-order valence-electron chi connectivity index (χ4n) is 1.09. The first-order chi connectivity index (χ1) is 8.13. The van der Waals surface area contributed by atoms with E-state index in [1.54, 1.807) is 22.9 Å². The lowest BCUT2D eigenvalue weighted by molar-refractivity contribution is -0.153. The standard InChI is InChI=1S/C9H9F3INO3S/c1-18(15,16)6-2-3-7(14-13)8(4-6)17-5-9(10,11)12/h2-4,14H,5H2,1H3. The Labute approximate surface area is 116 Å². The Hall–Kier alpha value is -0.710. The van der Waals surface area contributed by atoms with E-state index in [-0.39, 0.29) is 16.3 Å². The van der Waals surface area contributed by atoms with Crippen molar-refractivity contribution >= 4 is 38.4 Å². The van der Waals surface area contributed by atoms with Gasteiger partial charge in [-0.25, -0.2) is 8.42 Å². The quantitative estimate of drug-likeness (QED) is 0.630. The molecule has 4 nitrogen and oxygen atoms in total. The third-order valence-electron chi connectivity index (χ3n) is 1.87. The second-order valence-electron chi connectivity index (χ2n) is 3.43. The summed E-state index contributed by atoms with van der Waals surface area (Å²) in [6.07, 6.45) is -3.52. The van der Waals surface area contributed by atoms with Crippen LogP contribution in [0.3, 0.4) is 0 Å². The molecule has 1 aromatic carbocycles. The molecule has 0 aliphatic carbocycles. The molecule has 18 heavy (non-hydrogen) atoms. The molecule has 1 rings (SSSR count). The van der Waals surface area contributed by atoms with E-state index < -0.39 is 22.6 Å². The number of benzene rings is 1. The van der Waals surface area contributed by atoms with Crippen molar-refractivity contribution in [1.82, 2.24) is 0 Å². The van der Waals surface area contributed by atoms with Crippen LogP contribution >= 0.6 is 22.9 Å². The molecular formula is C9H9F3INO3S. The molecule has 1 N–H and O–H groups in total. The van der Waals surface area contributed by atoms with Gasteiger partial charge in [-0.15, -0.1) is 0 Å². The van der Waals surface area contributed by atoms with Gasteiger partial charge in [-0.1, -0.05) is 0 Å². The van der Waals surface area contributed by atoms with Gasteiger partial charge in [0.05, 0.1) is 33.4 Å². The summed E-state index contributed by atoms with van der Waals surface area (Å²) in [4.78, 5) is -0.102. The smallest absolute Gasteiger partial charge is 0.422 e. The summed E-state index contributed by atoms with van der Waals surface area (Å²) in [7, 11) is -3.50. The van der Waals surface area contributed by atoms with E-state index in [4.69, 9.17) is 0 Å². The lowest BCUT2D eigenvalue weighted by Crippen LogP contribution is -2.19. The van der Waals surface area contributed by atoms with Crippen LogP contribution in [-0.4, -0.2) is 27.5 Å².